The van der Waals surface area contributed by atoms with E-state index in [0.717, 1.165) is 29.6 Å². The highest BCUT2D eigenvalue weighted by molar-refractivity contribution is 9.10. The van der Waals surface area contributed by atoms with Crippen molar-refractivity contribution in [3.8, 4) is 5.75 Å². The Kier molecular flexibility index (Phi) is 5.14. The van der Waals surface area contributed by atoms with Gasteiger partial charge in [-0.1, -0.05) is 22.0 Å². The molecule has 0 bridgehead atoms. The molecule has 21 heavy (non-hydrogen) atoms. The Morgan fingerprint density at radius 3 is 2.81 bits per heavy atom. The number of piperidine rings is 1. The van der Waals surface area contributed by atoms with Gasteiger partial charge < -0.3 is 14.4 Å². The summed E-state index contributed by atoms with van der Waals surface area (Å²) in [6, 6.07) is 7.76. The summed E-state index contributed by atoms with van der Waals surface area (Å²) in [4.78, 5) is 13.8. The summed E-state index contributed by atoms with van der Waals surface area (Å²) in [5, 5.41) is 0. The lowest BCUT2D eigenvalue weighted by Gasteiger charge is -2.34. The van der Waals surface area contributed by atoms with Gasteiger partial charge >= 0.3 is 6.09 Å². The van der Waals surface area contributed by atoms with Gasteiger partial charge in [0, 0.05) is 11.0 Å². The molecule has 0 N–H and O–H groups in total. The topological polar surface area (TPSA) is 38.8 Å². The molecular weight excluding hydrogens is 334 g/mol. The third kappa shape index (κ3) is 5.23. The van der Waals surface area contributed by atoms with Gasteiger partial charge in [0.25, 0.3) is 0 Å². The van der Waals surface area contributed by atoms with Crippen molar-refractivity contribution in [1.29, 1.82) is 0 Å². The van der Waals surface area contributed by atoms with Crippen molar-refractivity contribution in [3.05, 3.63) is 28.7 Å². The number of ether oxygens (including phenoxy) is 2. The predicted molar refractivity (Wildman–Crippen MR) is 85.6 cm³/mol. The van der Waals surface area contributed by atoms with Crippen LogP contribution in [0.5, 0.6) is 5.75 Å². The molecule has 2 rings (SSSR count). The van der Waals surface area contributed by atoms with Crippen LogP contribution in [0.2, 0.25) is 0 Å². The van der Waals surface area contributed by atoms with Crippen molar-refractivity contribution in [2.45, 2.75) is 45.3 Å². The number of amides is 1. The molecule has 5 heteroatoms. The second-order valence-corrected chi connectivity index (χ2v) is 7.18. The third-order valence-corrected chi connectivity index (χ3v) is 3.62. The first-order valence-electron chi connectivity index (χ1n) is 7.24. The highest BCUT2D eigenvalue weighted by atomic mass is 79.9. The van der Waals surface area contributed by atoms with Gasteiger partial charge in [-0.3, -0.25) is 0 Å². The van der Waals surface area contributed by atoms with Crippen LogP contribution >= 0.6 is 15.9 Å². The normalized spacial score (nSPS) is 19.2. The van der Waals surface area contributed by atoms with E-state index in [2.05, 4.69) is 15.9 Å². The van der Waals surface area contributed by atoms with Gasteiger partial charge in [0.05, 0.1) is 6.54 Å². The van der Waals surface area contributed by atoms with Crippen molar-refractivity contribution in [3.63, 3.8) is 0 Å². The van der Waals surface area contributed by atoms with Gasteiger partial charge in [-0.25, -0.2) is 4.79 Å². The van der Waals surface area contributed by atoms with Gasteiger partial charge in [-0.15, -0.1) is 0 Å². The molecule has 1 atom stereocenters. The van der Waals surface area contributed by atoms with Gasteiger partial charge in [-0.2, -0.15) is 0 Å². The minimum absolute atomic E-state index is 0.0144. The Bertz CT molecular complexity index is 499. The standard InChI is InChI=1S/C16H22BrNO3/c1-16(2,3)21-15(19)18-9-5-8-14(11-18)20-13-7-4-6-12(17)10-13/h4,6-7,10,14H,5,8-9,11H2,1-3H3. The first kappa shape index (κ1) is 16.1. The minimum Gasteiger partial charge on any atom is -0.489 e. The fourth-order valence-electron chi connectivity index (χ4n) is 2.26. The number of rotatable bonds is 2. The van der Waals surface area contributed by atoms with Crippen LogP contribution in [0.1, 0.15) is 33.6 Å². The number of nitrogens with zero attached hydrogens (tertiary/aromatic N) is 1. The van der Waals surface area contributed by atoms with Crippen LogP contribution in [-0.4, -0.2) is 35.8 Å². The smallest absolute Gasteiger partial charge is 0.410 e. The maximum absolute atomic E-state index is 12.1. The van der Waals surface area contributed by atoms with E-state index in [9.17, 15) is 4.79 Å². The number of likely N-dealkylation sites (tertiary alicyclic amines) is 1. The summed E-state index contributed by atoms with van der Waals surface area (Å²) in [7, 11) is 0. The highest BCUT2D eigenvalue weighted by Gasteiger charge is 2.28. The first-order valence-corrected chi connectivity index (χ1v) is 8.03. The lowest BCUT2D eigenvalue weighted by atomic mass is 10.1. The average Bonchev–Trinajstić information content (AvgIpc) is 2.37. The van der Waals surface area contributed by atoms with Crippen LogP contribution < -0.4 is 4.74 Å². The Balaban J connectivity index is 1.93. The summed E-state index contributed by atoms with van der Waals surface area (Å²) in [6.45, 7) is 6.94. The number of benzene rings is 1. The Hall–Kier alpha value is -1.23. The molecule has 0 spiro atoms. The second kappa shape index (κ2) is 6.69. The van der Waals surface area contributed by atoms with Crippen molar-refractivity contribution in [2.24, 2.45) is 0 Å². The van der Waals surface area contributed by atoms with Crippen LogP contribution in [0.15, 0.2) is 28.7 Å². The van der Waals surface area contributed by atoms with Crippen LogP contribution in [0.25, 0.3) is 0 Å². The van der Waals surface area contributed by atoms with Crippen molar-refractivity contribution >= 4 is 22.0 Å². The van der Waals surface area contributed by atoms with Gasteiger partial charge in [0.1, 0.15) is 17.5 Å². The molecule has 1 amide bonds. The molecule has 116 valence electrons. The molecule has 0 radical (unpaired) electrons. The van der Waals surface area contributed by atoms with Gasteiger partial charge in [0.15, 0.2) is 0 Å². The fourth-order valence-corrected chi connectivity index (χ4v) is 2.64. The van der Waals surface area contributed by atoms with Crippen LogP contribution in [0.4, 0.5) is 4.79 Å². The average molecular weight is 356 g/mol. The Morgan fingerprint density at radius 2 is 2.14 bits per heavy atom. The molecule has 4 nitrogen and oxygen atoms in total. The maximum Gasteiger partial charge on any atom is 0.410 e. The molecule has 1 aromatic carbocycles. The van der Waals surface area contributed by atoms with Gasteiger partial charge in [-0.05, 0) is 51.8 Å². The Labute approximate surface area is 134 Å². The molecular formula is C16H22BrNO3. The monoisotopic (exact) mass is 355 g/mol. The molecule has 1 heterocycles. The molecule has 0 aromatic heterocycles. The predicted octanol–water partition coefficient (Wildman–Crippen LogP) is 4.23. The zero-order valence-electron chi connectivity index (χ0n) is 12.8. The van der Waals surface area contributed by atoms with Gasteiger partial charge in [0.2, 0.25) is 0 Å². The summed E-state index contributed by atoms with van der Waals surface area (Å²) in [5.74, 6) is 0.820. The lowest BCUT2D eigenvalue weighted by molar-refractivity contribution is 0.00775. The molecule has 1 unspecified atom stereocenters. The molecule has 1 aliphatic heterocycles. The molecule has 0 aliphatic carbocycles. The van der Waals surface area contributed by atoms with E-state index in [1.165, 1.54) is 0 Å². The molecule has 1 fully saturated rings. The summed E-state index contributed by atoms with van der Waals surface area (Å²) in [5.41, 5.74) is -0.463. The van der Waals surface area contributed by atoms with E-state index >= 15 is 0 Å². The number of halogens is 1. The SMILES string of the molecule is CC(C)(C)OC(=O)N1CCCC(Oc2cccc(Br)c2)C1. The minimum atomic E-state index is -0.463. The molecule has 0 saturated carbocycles. The van der Waals surface area contributed by atoms with Crippen LogP contribution in [0, 0.1) is 0 Å². The summed E-state index contributed by atoms with van der Waals surface area (Å²) in [6.07, 6.45) is 1.63. The maximum atomic E-state index is 12.1. The number of hydrogen-bond acceptors (Lipinski definition) is 3. The van der Waals surface area contributed by atoms with Crippen LogP contribution in [0.3, 0.4) is 0 Å². The molecule has 1 saturated heterocycles. The Morgan fingerprint density at radius 1 is 1.38 bits per heavy atom. The largest absolute Gasteiger partial charge is 0.489 e. The lowest BCUT2D eigenvalue weighted by Crippen LogP contribution is -2.46. The number of carbonyl (C=O) groups excluding carboxylic acids is 1. The second-order valence-electron chi connectivity index (χ2n) is 6.27. The van der Waals surface area contributed by atoms with E-state index in [4.69, 9.17) is 9.47 Å². The molecule has 1 aliphatic rings. The quantitative estimate of drug-likeness (QED) is 0.796. The third-order valence-electron chi connectivity index (χ3n) is 3.13. The van der Waals surface area contributed by atoms with Crippen molar-refractivity contribution < 1.29 is 14.3 Å². The highest BCUT2D eigenvalue weighted by Crippen LogP contribution is 2.22. The first-order chi connectivity index (χ1) is 9.83. The van der Waals surface area contributed by atoms with Crippen LogP contribution in [-0.2, 0) is 4.74 Å². The van der Waals surface area contributed by atoms with Crippen molar-refractivity contribution in [2.75, 3.05) is 13.1 Å². The van der Waals surface area contributed by atoms with E-state index in [1.807, 2.05) is 45.0 Å². The zero-order chi connectivity index (χ0) is 15.5. The van der Waals surface area contributed by atoms with E-state index in [0.29, 0.717) is 6.54 Å². The summed E-state index contributed by atoms with van der Waals surface area (Å²) < 4.78 is 12.4. The fraction of sp³-hybridized carbons (Fsp3) is 0.562. The van der Waals surface area contributed by atoms with E-state index in [-0.39, 0.29) is 12.2 Å². The van der Waals surface area contributed by atoms with E-state index < -0.39 is 5.60 Å². The summed E-state index contributed by atoms with van der Waals surface area (Å²) >= 11 is 3.43. The molecule has 1 aromatic rings. The van der Waals surface area contributed by atoms with E-state index in [1.54, 1.807) is 4.90 Å². The number of hydrogen-bond donors (Lipinski definition) is 0. The number of carbonyl (C=O) groups is 1. The van der Waals surface area contributed by atoms with Crippen molar-refractivity contribution in [1.82, 2.24) is 4.90 Å². The zero-order valence-corrected chi connectivity index (χ0v) is 14.4.